The predicted octanol–water partition coefficient (Wildman–Crippen LogP) is 1.87. The molecule has 0 bridgehead atoms. The van der Waals surface area contributed by atoms with Gasteiger partial charge in [0.25, 0.3) is 0 Å². The molecule has 1 heterocycles. The zero-order valence-electron chi connectivity index (χ0n) is 10.9. The molecule has 0 spiro atoms. The van der Waals surface area contributed by atoms with Gasteiger partial charge in [-0.05, 0) is 32.4 Å². The molecule has 0 atom stereocenters. The molecule has 4 heteroatoms. The Balaban J connectivity index is 2.31. The molecule has 0 amide bonds. The quantitative estimate of drug-likeness (QED) is 0.737. The summed E-state index contributed by atoms with van der Waals surface area (Å²) < 4.78 is 10.9. The summed E-state index contributed by atoms with van der Waals surface area (Å²) >= 11 is 0. The van der Waals surface area contributed by atoms with Crippen molar-refractivity contribution in [2.45, 2.75) is 39.0 Å². The van der Waals surface area contributed by atoms with Crippen LogP contribution in [-0.4, -0.2) is 24.3 Å². The molecule has 4 nitrogen and oxygen atoms in total. The summed E-state index contributed by atoms with van der Waals surface area (Å²) in [7, 11) is 1.71. The van der Waals surface area contributed by atoms with Gasteiger partial charge < -0.3 is 15.2 Å². The van der Waals surface area contributed by atoms with Gasteiger partial charge >= 0.3 is 0 Å². The maximum atomic E-state index is 5.57. The van der Waals surface area contributed by atoms with Gasteiger partial charge in [-0.2, -0.15) is 0 Å². The lowest BCUT2D eigenvalue weighted by Crippen LogP contribution is -2.24. The van der Waals surface area contributed by atoms with E-state index in [2.05, 4.69) is 4.98 Å². The fraction of sp³-hybridized carbons (Fsp3) is 0.615. The first-order valence-corrected chi connectivity index (χ1v) is 5.85. The Kier molecular flexibility index (Phi) is 5.55. The summed E-state index contributed by atoms with van der Waals surface area (Å²) in [5.74, 6) is 0. The molecule has 0 fully saturated rings. The van der Waals surface area contributed by atoms with Crippen molar-refractivity contribution in [2.24, 2.45) is 5.73 Å². The SMILES string of the molecule is COC(C)(C)CCOCc1cccc(CN)n1. The van der Waals surface area contributed by atoms with E-state index in [9.17, 15) is 0 Å². The van der Waals surface area contributed by atoms with E-state index in [1.165, 1.54) is 0 Å². The summed E-state index contributed by atoms with van der Waals surface area (Å²) in [5, 5.41) is 0. The number of hydrogen-bond donors (Lipinski definition) is 1. The first-order valence-electron chi connectivity index (χ1n) is 5.85. The summed E-state index contributed by atoms with van der Waals surface area (Å²) in [6.45, 7) is 5.74. The number of pyridine rings is 1. The molecule has 0 aliphatic carbocycles. The van der Waals surface area contributed by atoms with E-state index < -0.39 is 0 Å². The first-order chi connectivity index (χ1) is 8.07. The number of nitrogens with zero attached hydrogens (tertiary/aromatic N) is 1. The molecule has 96 valence electrons. The Morgan fingerprint density at radius 3 is 2.65 bits per heavy atom. The largest absolute Gasteiger partial charge is 0.379 e. The number of nitrogens with two attached hydrogens (primary N) is 1. The zero-order chi connectivity index (χ0) is 12.7. The Bertz CT molecular complexity index is 340. The van der Waals surface area contributed by atoms with Gasteiger partial charge in [0.05, 0.1) is 23.6 Å². The third kappa shape index (κ3) is 5.26. The number of hydrogen-bond acceptors (Lipinski definition) is 4. The van der Waals surface area contributed by atoms with E-state index in [1.807, 2.05) is 32.0 Å². The fourth-order valence-corrected chi connectivity index (χ4v) is 1.32. The van der Waals surface area contributed by atoms with Crippen LogP contribution in [-0.2, 0) is 22.6 Å². The van der Waals surface area contributed by atoms with Crippen LogP contribution in [0.4, 0.5) is 0 Å². The number of rotatable bonds is 7. The van der Waals surface area contributed by atoms with E-state index in [4.69, 9.17) is 15.2 Å². The van der Waals surface area contributed by atoms with Crippen molar-refractivity contribution in [3.05, 3.63) is 29.6 Å². The molecule has 0 saturated carbocycles. The Labute approximate surface area is 103 Å². The predicted molar refractivity (Wildman–Crippen MR) is 67.5 cm³/mol. The molecule has 0 saturated heterocycles. The molecule has 0 unspecified atom stereocenters. The second-order valence-electron chi connectivity index (χ2n) is 4.59. The Morgan fingerprint density at radius 1 is 1.29 bits per heavy atom. The van der Waals surface area contributed by atoms with E-state index >= 15 is 0 Å². The first kappa shape index (κ1) is 14.1. The highest BCUT2D eigenvalue weighted by atomic mass is 16.5. The van der Waals surface area contributed by atoms with Crippen LogP contribution in [0.5, 0.6) is 0 Å². The maximum absolute atomic E-state index is 5.57. The highest BCUT2D eigenvalue weighted by Crippen LogP contribution is 2.13. The highest BCUT2D eigenvalue weighted by Gasteiger charge is 2.15. The van der Waals surface area contributed by atoms with Gasteiger partial charge in [0.1, 0.15) is 0 Å². The van der Waals surface area contributed by atoms with Gasteiger partial charge in [0, 0.05) is 20.3 Å². The maximum Gasteiger partial charge on any atom is 0.0887 e. The van der Waals surface area contributed by atoms with Crippen molar-refractivity contribution < 1.29 is 9.47 Å². The second kappa shape index (κ2) is 6.69. The van der Waals surface area contributed by atoms with Crippen LogP contribution in [0.1, 0.15) is 31.7 Å². The fourth-order valence-electron chi connectivity index (χ4n) is 1.32. The van der Waals surface area contributed by atoms with Crippen LogP contribution in [0, 0.1) is 0 Å². The molecule has 0 radical (unpaired) electrons. The van der Waals surface area contributed by atoms with Gasteiger partial charge in [-0.1, -0.05) is 6.07 Å². The van der Waals surface area contributed by atoms with Crippen LogP contribution < -0.4 is 5.73 Å². The Hall–Kier alpha value is -0.970. The van der Waals surface area contributed by atoms with Crippen LogP contribution in [0.3, 0.4) is 0 Å². The van der Waals surface area contributed by atoms with Gasteiger partial charge in [-0.3, -0.25) is 4.98 Å². The van der Waals surface area contributed by atoms with Crippen LogP contribution in [0.2, 0.25) is 0 Å². The molecular weight excluding hydrogens is 216 g/mol. The molecule has 0 aromatic carbocycles. The van der Waals surface area contributed by atoms with E-state index in [1.54, 1.807) is 7.11 Å². The third-order valence-corrected chi connectivity index (χ3v) is 2.72. The molecule has 1 aromatic heterocycles. The van der Waals surface area contributed by atoms with E-state index in [0.29, 0.717) is 19.8 Å². The van der Waals surface area contributed by atoms with Gasteiger partial charge in [0.15, 0.2) is 0 Å². The summed E-state index contributed by atoms with van der Waals surface area (Å²) in [5.41, 5.74) is 7.21. The van der Waals surface area contributed by atoms with Gasteiger partial charge in [0.2, 0.25) is 0 Å². The molecular formula is C13H22N2O2. The van der Waals surface area contributed by atoms with Crippen molar-refractivity contribution in [1.82, 2.24) is 4.98 Å². The normalized spacial score (nSPS) is 11.8. The van der Waals surface area contributed by atoms with Crippen molar-refractivity contribution in [2.75, 3.05) is 13.7 Å². The zero-order valence-corrected chi connectivity index (χ0v) is 10.9. The topological polar surface area (TPSA) is 57.4 Å². The third-order valence-electron chi connectivity index (χ3n) is 2.72. The molecule has 17 heavy (non-hydrogen) atoms. The van der Waals surface area contributed by atoms with Crippen LogP contribution in [0.15, 0.2) is 18.2 Å². The van der Waals surface area contributed by atoms with Crippen molar-refractivity contribution in [3.63, 3.8) is 0 Å². The molecule has 1 aromatic rings. The number of methoxy groups -OCH3 is 1. The lowest BCUT2D eigenvalue weighted by atomic mass is 10.1. The summed E-state index contributed by atoms with van der Waals surface area (Å²) in [6.07, 6.45) is 0.861. The average Bonchev–Trinajstić information content (AvgIpc) is 2.35. The van der Waals surface area contributed by atoms with Crippen molar-refractivity contribution >= 4 is 0 Å². The number of aromatic nitrogens is 1. The van der Waals surface area contributed by atoms with E-state index in [0.717, 1.165) is 17.8 Å². The molecule has 2 N–H and O–H groups in total. The number of ether oxygens (including phenoxy) is 2. The van der Waals surface area contributed by atoms with Crippen LogP contribution >= 0.6 is 0 Å². The summed E-state index contributed by atoms with van der Waals surface area (Å²) in [4.78, 5) is 4.36. The standard InChI is InChI=1S/C13H22N2O2/c1-13(2,16-3)7-8-17-10-12-6-4-5-11(9-14)15-12/h4-6H,7-10,14H2,1-3H3. The van der Waals surface area contributed by atoms with Crippen LogP contribution in [0.25, 0.3) is 0 Å². The van der Waals surface area contributed by atoms with Gasteiger partial charge in [-0.25, -0.2) is 0 Å². The highest BCUT2D eigenvalue weighted by molar-refractivity contribution is 5.10. The minimum atomic E-state index is -0.132. The van der Waals surface area contributed by atoms with Gasteiger partial charge in [-0.15, -0.1) is 0 Å². The second-order valence-corrected chi connectivity index (χ2v) is 4.59. The van der Waals surface area contributed by atoms with Crippen molar-refractivity contribution in [1.29, 1.82) is 0 Å². The monoisotopic (exact) mass is 238 g/mol. The minimum Gasteiger partial charge on any atom is -0.379 e. The smallest absolute Gasteiger partial charge is 0.0887 e. The molecule has 0 aliphatic heterocycles. The van der Waals surface area contributed by atoms with E-state index in [-0.39, 0.29) is 5.60 Å². The minimum absolute atomic E-state index is 0.132. The van der Waals surface area contributed by atoms with Crippen molar-refractivity contribution in [3.8, 4) is 0 Å². The Morgan fingerprint density at radius 2 is 2.00 bits per heavy atom. The molecule has 1 rings (SSSR count). The molecule has 0 aliphatic rings. The lowest BCUT2D eigenvalue weighted by Gasteiger charge is -2.22. The lowest BCUT2D eigenvalue weighted by molar-refractivity contribution is -0.0128. The average molecular weight is 238 g/mol. The summed E-state index contributed by atoms with van der Waals surface area (Å²) in [6, 6.07) is 5.81.